The van der Waals surface area contributed by atoms with Gasteiger partial charge in [-0.1, -0.05) is 28.8 Å². The molecule has 1 aromatic rings. The summed E-state index contributed by atoms with van der Waals surface area (Å²) >= 11 is 3.53. The minimum absolute atomic E-state index is 0.633. The zero-order valence-corrected chi connectivity index (χ0v) is 12.2. The van der Waals surface area contributed by atoms with E-state index in [-0.39, 0.29) is 0 Å². The van der Waals surface area contributed by atoms with Crippen LogP contribution < -0.4 is 4.90 Å². The maximum absolute atomic E-state index is 4.59. The van der Waals surface area contributed by atoms with E-state index in [0.717, 1.165) is 29.2 Å². The molecule has 2 rings (SSSR count). The first-order valence-corrected chi connectivity index (χ1v) is 7.48. The van der Waals surface area contributed by atoms with Crippen LogP contribution in [0, 0.1) is 13.8 Å². The van der Waals surface area contributed by atoms with Gasteiger partial charge >= 0.3 is 0 Å². The predicted octanol–water partition coefficient (Wildman–Crippen LogP) is 3.24. The minimum Gasteiger partial charge on any atom is -0.337 e. The Bertz CT molecular complexity index is 355. The zero-order valence-electron chi connectivity index (χ0n) is 10.6. The molecule has 1 fully saturated rings. The van der Waals surface area contributed by atoms with Crippen LogP contribution in [-0.2, 0) is 0 Å². The first-order chi connectivity index (χ1) is 8.20. The van der Waals surface area contributed by atoms with Crippen molar-refractivity contribution in [2.75, 3.05) is 16.8 Å². The fraction of sp³-hybridized carbons (Fsp3) is 0.692. The average Bonchev–Trinajstić information content (AvgIpc) is 2.77. The summed E-state index contributed by atoms with van der Waals surface area (Å²) in [4.78, 5) is 11.6. The van der Waals surface area contributed by atoms with E-state index in [2.05, 4.69) is 30.8 Å². The second kappa shape index (κ2) is 5.80. The molecule has 4 heteroatoms. The molecule has 0 radical (unpaired) electrons. The summed E-state index contributed by atoms with van der Waals surface area (Å²) < 4.78 is 0. The molecule has 0 amide bonds. The molecule has 0 saturated heterocycles. The largest absolute Gasteiger partial charge is 0.337 e. The Morgan fingerprint density at radius 1 is 1.24 bits per heavy atom. The number of nitrogens with zero attached hydrogens (tertiary/aromatic N) is 3. The monoisotopic (exact) mass is 297 g/mol. The highest BCUT2D eigenvalue weighted by Gasteiger charge is 2.24. The lowest BCUT2D eigenvalue weighted by Gasteiger charge is -2.28. The lowest BCUT2D eigenvalue weighted by atomic mass is 10.2. The third-order valence-electron chi connectivity index (χ3n) is 3.32. The fourth-order valence-corrected chi connectivity index (χ4v) is 2.97. The highest BCUT2D eigenvalue weighted by Crippen LogP contribution is 2.26. The van der Waals surface area contributed by atoms with Gasteiger partial charge in [-0.05, 0) is 32.8 Å². The summed E-state index contributed by atoms with van der Waals surface area (Å²) in [6, 6.07) is 2.67. The third-order valence-corrected chi connectivity index (χ3v) is 3.67. The highest BCUT2D eigenvalue weighted by molar-refractivity contribution is 9.09. The number of aryl methyl sites for hydroxylation is 2. The van der Waals surface area contributed by atoms with Crippen molar-refractivity contribution >= 4 is 21.9 Å². The number of aromatic nitrogens is 2. The first-order valence-electron chi connectivity index (χ1n) is 6.35. The van der Waals surface area contributed by atoms with Gasteiger partial charge in [0.15, 0.2) is 0 Å². The van der Waals surface area contributed by atoms with Crippen molar-refractivity contribution in [2.45, 2.75) is 45.6 Å². The molecule has 1 aliphatic rings. The normalized spacial score (nSPS) is 16.4. The molecule has 1 aromatic heterocycles. The van der Waals surface area contributed by atoms with Crippen molar-refractivity contribution in [3.05, 3.63) is 17.5 Å². The molecule has 1 saturated carbocycles. The average molecular weight is 298 g/mol. The first kappa shape index (κ1) is 12.8. The molecular formula is C13H20BrN3. The van der Waals surface area contributed by atoms with E-state index in [0.29, 0.717) is 6.04 Å². The second-order valence-corrected chi connectivity index (χ2v) is 5.56. The Hall–Kier alpha value is -0.640. The van der Waals surface area contributed by atoms with Crippen molar-refractivity contribution in [3.8, 4) is 0 Å². The van der Waals surface area contributed by atoms with Gasteiger partial charge in [0.1, 0.15) is 0 Å². The molecule has 0 spiro atoms. The van der Waals surface area contributed by atoms with E-state index in [1.165, 1.54) is 25.7 Å². The molecule has 1 aliphatic carbocycles. The van der Waals surface area contributed by atoms with Gasteiger partial charge < -0.3 is 4.90 Å². The number of alkyl halides is 1. The van der Waals surface area contributed by atoms with Gasteiger partial charge in [0.2, 0.25) is 5.95 Å². The second-order valence-electron chi connectivity index (χ2n) is 4.77. The molecule has 0 unspecified atom stereocenters. The van der Waals surface area contributed by atoms with Crippen LogP contribution in [0.4, 0.5) is 5.95 Å². The Morgan fingerprint density at radius 2 is 1.82 bits per heavy atom. The van der Waals surface area contributed by atoms with E-state index >= 15 is 0 Å². The summed E-state index contributed by atoms with van der Waals surface area (Å²) in [6.45, 7) is 5.08. The molecule has 0 N–H and O–H groups in total. The van der Waals surface area contributed by atoms with Gasteiger partial charge in [-0.2, -0.15) is 0 Å². The molecule has 0 aromatic carbocycles. The SMILES string of the molecule is Cc1cc(C)nc(N(CCBr)C2CCCC2)n1. The summed E-state index contributed by atoms with van der Waals surface area (Å²) in [5.74, 6) is 0.911. The Labute approximate surface area is 112 Å². The van der Waals surface area contributed by atoms with Crippen molar-refractivity contribution in [1.29, 1.82) is 0 Å². The van der Waals surface area contributed by atoms with Crippen LogP contribution in [0.15, 0.2) is 6.07 Å². The van der Waals surface area contributed by atoms with Gasteiger partial charge in [-0.15, -0.1) is 0 Å². The minimum atomic E-state index is 0.633. The maximum Gasteiger partial charge on any atom is 0.226 e. The van der Waals surface area contributed by atoms with E-state index in [9.17, 15) is 0 Å². The van der Waals surface area contributed by atoms with Gasteiger partial charge in [0.05, 0.1) is 0 Å². The molecule has 94 valence electrons. The topological polar surface area (TPSA) is 29.0 Å². The molecule has 1 heterocycles. The molecule has 3 nitrogen and oxygen atoms in total. The number of anilines is 1. The zero-order chi connectivity index (χ0) is 12.3. The van der Waals surface area contributed by atoms with Gasteiger partial charge in [0, 0.05) is 29.3 Å². The van der Waals surface area contributed by atoms with Crippen molar-refractivity contribution in [3.63, 3.8) is 0 Å². The molecular weight excluding hydrogens is 278 g/mol. The van der Waals surface area contributed by atoms with Crippen molar-refractivity contribution < 1.29 is 0 Å². The quantitative estimate of drug-likeness (QED) is 0.799. The number of halogens is 1. The number of rotatable bonds is 4. The van der Waals surface area contributed by atoms with E-state index in [4.69, 9.17) is 0 Å². The van der Waals surface area contributed by atoms with Gasteiger partial charge in [0.25, 0.3) is 0 Å². The lowest BCUT2D eigenvalue weighted by molar-refractivity contribution is 0.606. The van der Waals surface area contributed by atoms with Crippen LogP contribution in [0.5, 0.6) is 0 Å². The Morgan fingerprint density at radius 3 is 2.35 bits per heavy atom. The Balaban J connectivity index is 2.24. The summed E-state index contributed by atoms with van der Waals surface area (Å²) in [5, 5.41) is 0.972. The summed E-state index contributed by atoms with van der Waals surface area (Å²) in [6.07, 6.45) is 5.25. The molecule has 17 heavy (non-hydrogen) atoms. The van der Waals surface area contributed by atoms with E-state index in [1.807, 2.05) is 19.9 Å². The smallest absolute Gasteiger partial charge is 0.226 e. The van der Waals surface area contributed by atoms with E-state index < -0.39 is 0 Å². The Kier molecular flexibility index (Phi) is 4.37. The van der Waals surface area contributed by atoms with Gasteiger partial charge in [-0.25, -0.2) is 9.97 Å². The molecule has 0 bridgehead atoms. The third kappa shape index (κ3) is 3.18. The van der Waals surface area contributed by atoms with Crippen LogP contribution in [0.2, 0.25) is 0 Å². The van der Waals surface area contributed by atoms with Crippen LogP contribution in [0.25, 0.3) is 0 Å². The summed E-state index contributed by atoms with van der Waals surface area (Å²) in [5.41, 5.74) is 2.12. The van der Waals surface area contributed by atoms with Gasteiger partial charge in [-0.3, -0.25) is 0 Å². The predicted molar refractivity (Wildman–Crippen MR) is 74.9 cm³/mol. The fourth-order valence-electron chi connectivity index (χ4n) is 2.59. The number of hydrogen-bond donors (Lipinski definition) is 0. The van der Waals surface area contributed by atoms with Crippen LogP contribution in [-0.4, -0.2) is 27.9 Å². The standard InChI is InChI=1S/C13H20BrN3/c1-10-9-11(2)16-13(15-10)17(8-7-14)12-5-3-4-6-12/h9,12H,3-8H2,1-2H3. The van der Waals surface area contributed by atoms with Crippen LogP contribution in [0.3, 0.4) is 0 Å². The van der Waals surface area contributed by atoms with Crippen LogP contribution in [0.1, 0.15) is 37.1 Å². The van der Waals surface area contributed by atoms with E-state index in [1.54, 1.807) is 0 Å². The van der Waals surface area contributed by atoms with Crippen molar-refractivity contribution in [1.82, 2.24) is 9.97 Å². The molecule has 0 aliphatic heterocycles. The highest BCUT2D eigenvalue weighted by atomic mass is 79.9. The summed E-state index contributed by atoms with van der Waals surface area (Å²) in [7, 11) is 0. The number of hydrogen-bond acceptors (Lipinski definition) is 3. The maximum atomic E-state index is 4.59. The van der Waals surface area contributed by atoms with Crippen LogP contribution >= 0.6 is 15.9 Å². The molecule has 0 atom stereocenters. The van der Waals surface area contributed by atoms with Crippen molar-refractivity contribution in [2.24, 2.45) is 0 Å². The lowest BCUT2D eigenvalue weighted by Crippen LogP contribution is -2.36.